The third-order valence-electron chi connectivity index (χ3n) is 4.14. The van der Waals surface area contributed by atoms with E-state index in [2.05, 4.69) is 60.1 Å². The molecular weight excluding hydrogens is 375 g/mol. The van der Waals surface area contributed by atoms with E-state index in [1.165, 1.54) is 33.3 Å². The van der Waals surface area contributed by atoms with Crippen LogP contribution in [0.2, 0.25) is 0 Å². The monoisotopic (exact) mass is 398 g/mol. The van der Waals surface area contributed by atoms with Gasteiger partial charge in [-0.3, -0.25) is 4.99 Å². The molecule has 0 spiro atoms. The molecule has 2 aromatic rings. The van der Waals surface area contributed by atoms with Gasteiger partial charge in [-0.2, -0.15) is 0 Å². The molecule has 0 unspecified atom stereocenters. The van der Waals surface area contributed by atoms with Crippen LogP contribution in [0.5, 0.6) is 0 Å². The summed E-state index contributed by atoms with van der Waals surface area (Å²) in [6.45, 7) is 9.18. The number of hydrogen-bond donors (Lipinski definition) is 2. The summed E-state index contributed by atoms with van der Waals surface area (Å²) in [5.74, 6) is 1.000. The summed E-state index contributed by atoms with van der Waals surface area (Å²) in [4.78, 5) is 10.2. The summed E-state index contributed by atoms with van der Waals surface area (Å²) in [5.41, 5.74) is 6.46. The standard InChI is InChI=1S/C16H22N4.HI/c1-10-7-13(9-18-16-17-5-6-20(16)4)15-14(8-10)11(2)12(3)19-15;/h7-8,19H,5-6,9H2,1-4H3,(H,17,18);1H. The first-order valence-electron chi connectivity index (χ1n) is 7.14. The second-order valence-corrected chi connectivity index (χ2v) is 5.70. The second kappa shape index (κ2) is 6.25. The average molecular weight is 398 g/mol. The molecule has 3 rings (SSSR count). The zero-order valence-electron chi connectivity index (χ0n) is 13.1. The van der Waals surface area contributed by atoms with Crippen LogP contribution in [0.15, 0.2) is 17.1 Å². The van der Waals surface area contributed by atoms with Crippen LogP contribution in [0.1, 0.15) is 22.4 Å². The van der Waals surface area contributed by atoms with E-state index >= 15 is 0 Å². The molecule has 21 heavy (non-hydrogen) atoms. The lowest BCUT2D eigenvalue weighted by Crippen LogP contribution is -2.35. The number of aryl methyl sites for hydroxylation is 3. The van der Waals surface area contributed by atoms with E-state index < -0.39 is 0 Å². The molecule has 0 aliphatic carbocycles. The molecule has 0 saturated heterocycles. The number of hydrogen-bond acceptors (Lipinski definition) is 3. The topological polar surface area (TPSA) is 43.4 Å². The molecule has 2 heterocycles. The number of aliphatic imine (C=N–C) groups is 1. The van der Waals surface area contributed by atoms with Crippen molar-refractivity contribution in [1.29, 1.82) is 0 Å². The quantitative estimate of drug-likeness (QED) is 0.764. The highest BCUT2D eigenvalue weighted by Crippen LogP contribution is 2.26. The SMILES string of the molecule is Cc1cc(CNC2=NCCN2C)c2[nH]c(C)c(C)c2c1.I. The zero-order valence-corrected chi connectivity index (χ0v) is 15.4. The fourth-order valence-electron chi connectivity index (χ4n) is 2.83. The normalized spacial score (nSPS) is 14.3. The minimum absolute atomic E-state index is 0. The van der Waals surface area contributed by atoms with Gasteiger partial charge in [0.2, 0.25) is 0 Å². The Bertz CT molecular complexity index is 687. The maximum Gasteiger partial charge on any atom is 0.194 e. The molecule has 0 saturated carbocycles. The van der Waals surface area contributed by atoms with Gasteiger partial charge in [0.15, 0.2) is 5.96 Å². The summed E-state index contributed by atoms with van der Waals surface area (Å²) in [6, 6.07) is 4.51. The number of fused-ring (bicyclic) bond motifs is 1. The maximum atomic E-state index is 4.48. The fourth-order valence-corrected chi connectivity index (χ4v) is 2.83. The first-order chi connectivity index (χ1) is 9.56. The van der Waals surface area contributed by atoms with E-state index in [9.17, 15) is 0 Å². The van der Waals surface area contributed by atoms with Gasteiger partial charge in [-0.25, -0.2) is 0 Å². The van der Waals surface area contributed by atoms with E-state index in [0.717, 1.165) is 25.6 Å². The molecule has 1 aliphatic rings. The van der Waals surface area contributed by atoms with Crippen LogP contribution in [0.3, 0.4) is 0 Å². The lowest BCUT2D eigenvalue weighted by molar-refractivity contribution is 0.534. The number of nitrogens with one attached hydrogen (secondary N) is 2. The van der Waals surface area contributed by atoms with Gasteiger partial charge in [0.05, 0.1) is 12.1 Å². The lowest BCUT2D eigenvalue weighted by atomic mass is 10.0. The molecule has 114 valence electrons. The van der Waals surface area contributed by atoms with Gasteiger partial charge < -0.3 is 15.2 Å². The molecule has 1 aliphatic heterocycles. The first-order valence-corrected chi connectivity index (χ1v) is 7.14. The highest BCUT2D eigenvalue weighted by Gasteiger charge is 2.13. The number of nitrogens with zero attached hydrogens (tertiary/aromatic N) is 2. The van der Waals surface area contributed by atoms with Crippen molar-refractivity contribution in [1.82, 2.24) is 15.2 Å². The van der Waals surface area contributed by atoms with Crippen LogP contribution in [-0.2, 0) is 6.54 Å². The van der Waals surface area contributed by atoms with Crippen molar-refractivity contribution < 1.29 is 0 Å². The average Bonchev–Trinajstić information content (AvgIpc) is 2.93. The largest absolute Gasteiger partial charge is 0.358 e. The Labute approximate surface area is 143 Å². The molecule has 1 aromatic heterocycles. The third kappa shape index (κ3) is 3.02. The van der Waals surface area contributed by atoms with Gasteiger partial charge in [-0.05, 0) is 38.0 Å². The number of likely N-dealkylation sites (N-methyl/N-ethyl adjacent to an activating group) is 1. The highest BCUT2D eigenvalue weighted by atomic mass is 127. The van der Waals surface area contributed by atoms with Gasteiger partial charge in [0.25, 0.3) is 0 Å². The number of benzene rings is 1. The summed E-state index contributed by atoms with van der Waals surface area (Å²) in [5, 5.41) is 4.79. The summed E-state index contributed by atoms with van der Waals surface area (Å²) < 4.78 is 0. The molecule has 1 aromatic carbocycles. The summed E-state index contributed by atoms with van der Waals surface area (Å²) >= 11 is 0. The Kier molecular flexibility index (Phi) is 4.81. The molecule has 0 radical (unpaired) electrons. The molecule has 2 N–H and O–H groups in total. The van der Waals surface area contributed by atoms with Gasteiger partial charge >= 0.3 is 0 Å². The molecule has 0 atom stereocenters. The smallest absolute Gasteiger partial charge is 0.194 e. The van der Waals surface area contributed by atoms with Crippen LogP contribution in [-0.4, -0.2) is 36.0 Å². The van der Waals surface area contributed by atoms with E-state index in [-0.39, 0.29) is 24.0 Å². The predicted molar refractivity (Wildman–Crippen MR) is 99.7 cm³/mol. The number of H-pyrrole nitrogens is 1. The lowest BCUT2D eigenvalue weighted by Gasteiger charge is -2.15. The van der Waals surface area contributed by atoms with Gasteiger partial charge in [-0.1, -0.05) is 11.6 Å². The Balaban J connectivity index is 0.00000161. The number of aromatic amines is 1. The summed E-state index contributed by atoms with van der Waals surface area (Å²) in [6.07, 6.45) is 0. The Morgan fingerprint density at radius 1 is 1.29 bits per heavy atom. The van der Waals surface area contributed by atoms with Crippen LogP contribution in [0.25, 0.3) is 10.9 Å². The summed E-state index contributed by atoms with van der Waals surface area (Å²) in [7, 11) is 2.08. The van der Waals surface area contributed by atoms with Crippen LogP contribution in [0, 0.1) is 20.8 Å². The molecule has 4 nitrogen and oxygen atoms in total. The fraction of sp³-hybridized carbons (Fsp3) is 0.438. The highest BCUT2D eigenvalue weighted by molar-refractivity contribution is 14.0. The van der Waals surface area contributed by atoms with Crippen molar-refractivity contribution >= 4 is 40.8 Å². The van der Waals surface area contributed by atoms with Gasteiger partial charge in [0, 0.05) is 31.2 Å². The van der Waals surface area contributed by atoms with Gasteiger partial charge in [0.1, 0.15) is 0 Å². The molecule has 0 bridgehead atoms. The van der Waals surface area contributed by atoms with Crippen molar-refractivity contribution in [2.75, 3.05) is 20.1 Å². The number of guanidine groups is 1. The third-order valence-corrected chi connectivity index (χ3v) is 4.14. The Morgan fingerprint density at radius 3 is 2.71 bits per heavy atom. The molecule has 0 amide bonds. The minimum Gasteiger partial charge on any atom is -0.358 e. The number of rotatable bonds is 2. The van der Waals surface area contributed by atoms with E-state index in [0.29, 0.717) is 0 Å². The van der Waals surface area contributed by atoms with Crippen molar-refractivity contribution in [2.45, 2.75) is 27.3 Å². The number of halogens is 1. The Hall–Kier alpha value is -1.24. The van der Waals surface area contributed by atoms with Crippen molar-refractivity contribution in [3.8, 4) is 0 Å². The van der Waals surface area contributed by atoms with Crippen molar-refractivity contribution in [3.63, 3.8) is 0 Å². The molecular formula is C16H23IN4. The maximum absolute atomic E-state index is 4.48. The van der Waals surface area contributed by atoms with E-state index in [1.54, 1.807) is 0 Å². The predicted octanol–water partition coefficient (Wildman–Crippen LogP) is 3.10. The molecule has 0 fully saturated rings. The second-order valence-electron chi connectivity index (χ2n) is 5.70. The van der Waals surface area contributed by atoms with Gasteiger partial charge in [-0.15, -0.1) is 24.0 Å². The van der Waals surface area contributed by atoms with Crippen molar-refractivity contribution in [3.05, 3.63) is 34.5 Å². The zero-order chi connectivity index (χ0) is 14.3. The molecule has 5 heteroatoms. The van der Waals surface area contributed by atoms with E-state index in [4.69, 9.17) is 0 Å². The van der Waals surface area contributed by atoms with Crippen LogP contribution in [0.4, 0.5) is 0 Å². The van der Waals surface area contributed by atoms with E-state index in [1.807, 2.05) is 0 Å². The van der Waals surface area contributed by atoms with Crippen molar-refractivity contribution in [2.24, 2.45) is 4.99 Å². The first kappa shape index (κ1) is 16.1. The van der Waals surface area contributed by atoms with Crippen LogP contribution < -0.4 is 5.32 Å². The minimum atomic E-state index is 0. The van der Waals surface area contributed by atoms with Crippen LogP contribution >= 0.6 is 24.0 Å². The Morgan fingerprint density at radius 2 is 2.05 bits per heavy atom. The number of aromatic nitrogens is 1.